The quantitative estimate of drug-likeness (QED) is 0.918. The average Bonchev–Trinajstić information content (AvgIpc) is 2.48. The number of aromatic nitrogens is 2. The summed E-state index contributed by atoms with van der Waals surface area (Å²) in [6.45, 7) is 4.02. The third-order valence-electron chi connectivity index (χ3n) is 2.99. The van der Waals surface area contributed by atoms with Crippen LogP contribution in [0.3, 0.4) is 0 Å². The SMILES string of the molecule is CCNC(=O)C(C)n1nc(-c2ccccc2)ccc1=O. The molecule has 1 aromatic heterocycles. The highest BCUT2D eigenvalue weighted by atomic mass is 16.2. The van der Waals surface area contributed by atoms with E-state index >= 15 is 0 Å². The van der Waals surface area contributed by atoms with Crippen LogP contribution in [0.25, 0.3) is 11.3 Å². The molecule has 104 valence electrons. The molecule has 0 fully saturated rings. The number of carbonyl (C=O) groups excluding carboxylic acids is 1. The number of nitrogens with zero attached hydrogens (tertiary/aromatic N) is 2. The Morgan fingerprint density at radius 1 is 1.25 bits per heavy atom. The molecule has 2 rings (SSSR count). The van der Waals surface area contributed by atoms with Crippen LogP contribution in [0.4, 0.5) is 0 Å². The molecule has 2 aromatic rings. The monoisotopic (exact) mass is 271 g/mol. The van der Waals surface area contributed by atoms with E-state index in [2.05, 4.69) is 10.4 Å². The molecule has 1 amide bonds. The van der Waals surface area contributed by atoms with E-state index < -0.39 is 6.04 Å². The van der Waals surface area contributed by atoms with Gasteiger partial charge in [0.1, 0.15) is 6.04 Å². The molecule has 0 bridgehead atoms. The highest BCUT2D eigenvalue weighted by Gasteiger charge is 2.16. The van der Waals surface area contributed by atoms with Gasteiger partial charge in [-0.2, -0.15) is 5.10 Å². The van der Waals surface area contributed by atoms with Crippen molar-refractivity contribution in [3.05, 3.63) is 52.8 Å². The lowest BCUT2D eigenvalue weighted by atomic mass is 10.1. The molecule has 1 aromatic carbocycles. The second-order valence-corrected chi connectivity index (χ2v) is 4.44. The molecule has 0 saturated heterocycles. The Morgan fingerprint density at radius 2 is 1.95 bits per heavy atom. The van der Waals surface area contributed by atoms with Gasteiger partial charge >= 0.3 is 0 Å². The molecule has 0 aliphatic carbocycles. The molecule has 0 saturated carbocycles. The van der Waals surface area contributed by atoms with E-state index in [1.807, 2.05) is 37.3 Å². The minimum atomic E-state index is -0.633. The molecule has 5 heteroatoms. The first-order valence-electron chi connectivity index (χ1n) is 6.56. The molecular weight excluding hydrogens is 254 g/mol. The number of hydrogen-bond donors (Lipinski definition) is 1. The van der Waals surface area contributed by atoms with Gasteiger partial charge in [0, 0.05) is 18.2 Å². The molecule has 0 aliphatic rings. The molecule has 0 spiro atoms. The summed E-state index contributed by atoms with van der Waals surface area (Å²) in [6, 6.07) is 12.0. The Hall–Kier alpha value is -2.43. The van der Waals surface area contributed by atoms with Crippen molar-refractivity contribution in [2.45, 2.75) is 19.9 Å². The number of benzene rings is 1. The first-order valence-corrected chi connectivity index (χ1v) is 6.56. The van der Waals surface area contributed by atoms with Crippen molar-refractivity contribution in [1.82, 2.24) is 15.1 Å². The zero-order chi connectivity index (χ0) is 14.5. The molecule has 20 heavy (non-hydrogen) atoms. The maximum atomic E-state index is 11.9. The number of carbonyl (C=O) groups is 1. The topological polar surface area (TPSA) is 64.0 Å². The largest absolute Gasteiger partial charge is 0.355 e. The Labute approximate surface area is 117 Å². The summed E-state index contributed by atoms with van der Waals surface area (Å²) in [5, 5.41) is 6.98. The average molecular weight is 271 g/mol. The normalized spacial score (nSPS) is 11.9. The number of nitrogens with one attached hydrogen (secondary N) is 1. The maximum Gasteiger partial charge on any atom is 0.267 e. The van der Waals surface area contributed by atoms with Crippen molar-refractivity contribution >= 4 is 5.91 Å². The second-order valence-electron chi connectivity index (χ2n) is 4.44. The number of amides is 1. The van der Waals surface area contributed by atoms with Gasteiger partial charge in [0.05, 0.1) is 5.69 Å². The molecule has 1 atom stereocenters. The van der Waals surface area contributed by atoms with Crippen LogP contribution < -0.4 is 10.9 Å². The van der Waals surface area contributed by atoms with Crippen molar-refractivity contribution in [3.63, 3.8) is 0 Å². The van der Waals surface area contributed by atoms with Crippen LogP contribution >= 0.6 is 0 Å². The zero-order valence-electron chi connectivity index (χ0n) is 11.5. The van der Waals surface area contributed by atoms with E-state index in [4.69, 9.17) is 0 Å². The minimum absolute atomic E-state index is 0.215. The van der Waals surface area contributed by atoms with Crippen LogP contribution in [-0.2, 0) is 4.79 Å². The van der Waals surface area contributed by atoms with Gasteiger partial charge in [-0.15, -0.1) is 0 Å². The fourth-order valence-electron chi connectivity index (χ4n) is 1.90. The van der Waals surface area contributed by atoms with Crippen LogP contribution in [0.5, 0.6) is 0 Å². The summed E-state index contributed by atoms with van der Waals surface area (Å²) >= 11 is 0. The Balaban J connectivity index is 2.39. The third-order valence-corrected chi connectivity index (χ3v) is 2.99. The highest BCUT2D eigenvalue weighted by molar-refractivity contribution is 5.79. The molecular formula is C15H17N3O2. The maximum absolute atomic E-state index is 11.9. The lowest BCUT2D eigenvalue weighted by Gasteiger charge is -2.14. The Morgan fingerprint density at radius 3 is 2.60 bits per heavy atom. The van der Waals surface area contributed by atoms with Crippen LogP contribution in [0.15, 0.2) is 47.3 Å². The standard InChI is InChI=1S/C15H17N3O2/c1-3-16-15(20)11(2)18-14(19)10-9-13(17-18)12-7-5-4-6-8-12/h4-11H,3H2,1-2H3,(H,16,20). The first-order chi connectivity index (χ1) is 9.63. The minimum Gasteiger partial charge on any atom is -0.355 e. The van der Waals surface area contributed by atoms with E-state index in [0.29, 0.717) is 12.2 Å². The van der Waals surface area contributed by atoms with Gasteiger partial charge in [0.25, 0.3) is 5.56 Å². The molecule has 5 nitrogen and oxygen atoms in total. The van der Waals surface area contributed by atoms with Crippen LogP contribution in [0.1, 0.15) is 19.9 Å². The summed E-state index contributed by atoms with van der Waals surface area (Å²) in [4.78, 5) is 23.7. The summed E-state index contributed by atoms with van der Waals surface area (Å²) < 4.78 is 1.22. The van der Waals surface area contributed by atoms with Crippen molar-refractivity contribution in [3.8, 4) is 11.3 Å². The molecule has 1 unspecified atom stereocenters. The zero-order valence-corrected chi connectivity index (χ0v) is 11.5. The molecule has 1 N–H and O–H groups in total. The molecule has 1 heterocycles. The van der Waals surface area contributed by atoms with Gasteiger partial charge in [0.15, 0.2) is 0 Å². The van der Waals surface area contributed by atoms with Crippen molar-refractivity contribution in [1.29, 1.82) is 0 Å². The van der Waals surface area contributed by atoms with Crippen LogP contribution in [-0.4, -0.2) is 22.2 Å². The van der Waals surface area contributed by atoms with Gasteiger partial charge in [-0.3, -0.25) is 9.59 Å². The summed E-state index contributed by atoms with van der Waals surface area (Å²) in [6.07, 6.45) is 0. The molecule has 0 radical (unpaired) electrons. The van der Waals surface area contributed by atoms with Crippen LogP contribution in [0, 0.1) is 0 Å². The van der Waals surface area contributed by atoms with E-state index in [1.165, 1.54) is 10.7 Å². The van der Waals surface area contributed by atoms with Crippen molar-refractivity contribution < 1.29 is 4.79 Å². The molecule has 0 aliphatic heterocycles. The third kappa shape index (κ3) is 2.93. The van der Waals surface area contributed by atoms with Crippen molar-refractivity contribution in [2.24, 2.45) is 0 Å². The first kappa shape index (κ1) is 14.0. The number of likely N-dealkylation sites (N-methyl/N-ethyl adjacent to an activating group) is 1. The summed E-state index contributed by atoms with van der Waals surface area (Å²) in [7, 11) is 0. The predicted octanol–water partition coefficient (Wildman–Crippen LogP) is 1.61. The van der Waals surface area contributed by atoms with E-state index in [0.717, 1.165) is 5.56 Å². The van der Waals surface area contributed by atoms with Gasteiger partial charge < -0.3 is 5.32 Å². The summed E-state index contributed by atoms with van der Waals surface area (Å²) in [5.41, 5.74) is 1.29. The highest BCUT2D eigenvalue weighted by Crippen LogP contribution is 2.15. The lowest BCUT2D eigenvalue weighted by molar-refractivity contribution is -0.124. The predicted molar refractivity (Wildman–Crippen MR) is 77.3 cm³/mol. The van der Waals surface area contributed by atoms with Gasteiger partial charge in [-0.1, -0.05) is 30.3 Å². The smallest absolute Gasteiger partial charge is 0.267 e. The van der Waals surface area contributed by atoms with Gasteiger partial charge in [-0.05, 0) is 19.9 Å². The lowest BCUT2D eigenvalue weighted by Crippen LogP contribution is -2.36. The summed E-state index contributed by atoms with van der Waals surface area (Å²) in [5.74, 6) is -0.215. The Kier molecular flexibility index (Phi) is 4.30. The Bertz CT molecular complexity index is 650. The van der Waals surface area contributed by atoms with Crippen molar-refractivity contribution in [2.75, 3.05) is 6.54 Å². The van der Waals surface area contributed by atoms with Gasteiger partial charge in [-0.25, -0.2) is 4.68 Å². The number of rotatable bonds is 4. The van der Waals surface area contributed by atoms with E-state index in [-0.39, 0.29) is 11.5 Å². The van der Waals surface area contributed by atoms with Crippen LogP contribution in [0.2, 0.25) is 0 Å². The van der Waals surface area contributed by atoms with E-state index in [9.17, 15) is 9.59 Å². The van der Waals surface area contributed by atoms with E-state index in [1.54, 1.807) is 13.0 Å². The fraction of sp³-hybridized carbons (Fsp3) is 0.267. The second kappa shape index (κ2) is 6.14. The van der Waals surface area contributed by atoms with Gasteiger partial charge in [0.2, 0.25) is 5.91 Å². The number of hydrogen-bond acceptors (Lipinski definition) is 3. The fourth-order valence-corrected chi connectivity index (χ4v) is 1.90.